The van der Waals surface area contributed by atoms with Crippen molar-refractivity contribution in [1.29, 1.82) is 0 Å². The summed E-state index contributed by atoms with van der Waals surface area (Å²) in [6, 6.07) is 0.116. The SMILES string of the molecule is CC(C)(C)OC(=O)N1C2CCC1C(C(C)(C)O)NC2. The van der Waals surface area contributed by atoms with Crippen molar-refractivity contribution in [3.8, 4) is 0 Å². The summed E-state index contributed by atoms with van der Waals surface area (Å²) in [5.74, 6) is 0. The van der Waals surface area contributed by atoms with Crippen LogP contribution in [0.25, 0.3) is 0 Å². The normalized spacial score (nSPS) is 31.5. The molecule has 2 aliphatic rings. The van der Waals surface area contributed by atoms with Gasteiger partial charge in [-0.3, -0.25) is 4.90 Å². The minimum atomic E-state index is -0.847. The second-order valence-electron chi connectivity index (χ2n) is 7.23. The van der Waals surface area contributed by atoms with E-state index in [0.717, 1.165) is 19.4 Å². The first kappa shape index (κ1) is 14.6. The molecule has 3 atom stereocenters. The summed E-state index contributed by atoms with van der Waals surface area (Å²) >= 11 is 0. The van der Waals surface area contributed by atoms with E-state index in [4.69, 9.17) is 4.74 Å². The fourth-order valence-electron chi connectivity index (χ4n) is 3.16. The third kappa shape index (κ3) is 3.03. The molecule has 0 radical (unpaired) electrons. The van der Waals surface area contributed by atoms with Crippen LogP contribution in [0.1, 0.15) is 47.5 Å². The summed E-state index contributed by atoms with van der Waals surface area (Å²) in [6.07, 6.45) is 1.64. The second kappa shape index (κ2) is 4.63. The van der Waals surface area contributed by atoms with Crippen molar-refractivity contribution < 1.29 is 14.6 Å². The van der Waals surface area contributed by atoms with Crippen molar-refractivity contribution in [2.24, 2.45) is 0 Å². The Morgan fingerprint density at radius 1 is 1.26 bits per heavy atom. The first-order chi connectivity index (χ1) is 8.59. The largest absolute Gasteiger partial charge is 0.444 e. The number of rotatable bonds is 1. The van der Waals surface area contributed by atoms with Crippen molar-refractivity contribution >= 4 is 6.09 Å². The van der Waals surface area contributed by atoms with Crippen LogP contribution in [-0.4, -0.2) is 52.0 Å². The molecular weight excluding hydrogens is 244 g/mol. The summed E-state index contributed by atoms with van der Waals surface area (Å²) < 4.78 is 5.50. The number of carbonyl (C=O) groups excluding carboxylic acids is 1. The van der Waals surface area contributed by atoms with Crippen LogP contribution in [-0.2, 0) is 4.74 Å². The number of nitrogens with zero attached hydrogens (tertiary/aromatic N) is 1. The van der Waals surface area contributed by atoms with Crippen LogP contribution in [0.15, 0.2) is 0 Å². The molecule has 2 N–H and O–H groups in total. The lowest BCUT2D eigenvalue weighted by atomic mass is 9.90. The highest BCUT2D eigenvalue weighted by molar-refractivity contribution is 5.70. The van der Waals surface area contributed by atoms with Crippen molar-refractivity contribution in [2.45, 2.75) is 76.8 Å². The fourth-order valence-corrected chi connectivity index (χ4v) is 3.16. The molecule has 3 unspecified atom stereocenters. The van der Waals surface area contributed by atoms with Crippen LogP contribution in [0, 0.1) is 0 Å². The monoisotopic (exact) mass is 270 g/mol. The first-order valence-electron chi connectivity index (χ1n) is 7.06. The van der Waals surface area contributed by atoms with Gasteiger partial charge in [-0.25, -0.2) is 4.79 Å². The van der Waals surface area contributed by atoms with Crippen LogP contribution >= 0.6 is 0 Å². The zero-order chi connectivity index (χ0) is 14.4. The summed E-state index contributed by atoms with van der Waals surface area (Å²) in [7, 11) is 0. The van der Waals surface area contributed by atoms with Crippen LogP contribution in [0.4, 0.5) is 4.79 Å². The van der Waals surface area contributed by atoms with Gasteiger partial charge < -0.3 is 15.2 Å². The second-order valence-corrected chi connectivity index (χ2v) is 7.23. The standard InChI is InChI=1S/C14H26N2O3/c1-13(2,3)19-12(17)16-9-6-7-10(16)11(15-8-9)14(4,5)18/h9-11,15,18H,6-8H2,1-5H3. The minimum absolute atomic E-state index is 0.0219. The Bertz CT molecular complexity index is 357. The molecule has 2 rings (SSSR count). The van der Waals surface area contributed by atoms with Crippen molar-refractivity contribution in [3.63, 3.8) is 0 Å². The summed E-state index contributed by atoms with van der Waals surface area (Å²) in [5, 5.41) is 13.6. The van der Waals surface area contributed by atoms with E-state index in [1.165, 1.54) is 0 Å². The van der Waals surface area contributed by atoms with E-state index in [9.17, 15) is 9.90 Å². The number of carbonyl (C=O) groups is 1. The summed E-state index contributed by atoms with van der Waals surface area (Å²) in [4.78, 5) is 14.2. The maximum absolute atomic E-state index is 12.3. The highest BCUT2D eigenvalue weighted by Crippen LogP contribution is 2.34. The third-order valence-electron chi connectivity index (χ3n) is 3.87. The quantitative estimate of drug-likeness (QED) is 0.758. The molecule has 5 nitrogen and oxygen atoms in total. The predicted octanol–water partition coefficient (Wildman–Crippen LogP) is 1.50. The first-order valence-corrected chi connectivity index (χ1v) is 7.06. The van der Waals surface area contributed by atoms with E-state index < -0.39 is 11.2 Å². The molecule has 0 aliphatic carbocycles. The van der Waals surface area contributed by atoms with Gasteiger partial charge in [-0.05, 0) is 47.5 Å². The molecular formula is C14H26N2O3. The molecule has 2 saturated heterocycles. The van der Waals surface area contributed by atoms with Gasteiger partial charge in [-0.1, -0.05) is 0 Å². The number of fused-ring (bicyclic) bond motifs is 2. The molecule has 19 heavy (non-hydrogen) atoms. The highest BCUT2D eigenvalue weighted by Gasteiger charge is 2.50. The van der Waals surface area contributed by atoms with E-state index in [2.05, 4.69) is 5.32 Å². The van der Waals surface area contributed by atoms with Crippen LogP contribution in [0.2, 0.25) is 0 Å². The molecule has 0 aromatic rings. The Morgan fingerprint density at radius 3 is 2.42 bits per heavy atom. The van der Waals surface area contributed by atoms with Gasteiger partial charge in [0.25, 0.3) is 0 Å². The Balaban J connectivity index is 2.15. The molecule has 1 amide bonds. The van der Waals surface area contributed by atoms with Gasteiger partial charge in [-0.15, -0.1) is 0 Å². The Labute approximate surface area is 115 Å². The maximum atomic E-state index is 12.3. The van der Waals surface area contributed by atoms with Gasteiger partial charge in [0.15, 0.2) is 0 Å². The Kier molecular flexibility index (Phi) is 3.56. The predicted molar refractivity (Wildman–Crippen MR) is 73.0 cm³/mol. The average Bonchev–Trinajstić information content (AvgIpc) is 2.47. The van der Waals surface area contributed by atoms with E-state index in [0.29, 0.717) is 0 Å². The van der Waals surface area contributed by atoms with Gasteiger partial charge in [0.1, 0.15) is 5.60 Å². The van der Waals surface area contributed by atoms with E-state index in [1.807, 2.05) is 25.7 Å². The molecule has 110 valence electrons. The molecule has 0 aromatic carbocycles. The topological polar surface area (TPSA) is 61.8 Å². The molecule has 2 aliphatic heterocycles. The van der Waals surface area contributed by atoms with E-state index in [1.54, 1.807) is 13.8 Å². The zero-order valence-corrected chi connectivity index (χ0v) is 12.6. The highest BCUT2D eigenvalue weighted by atomic mass is 16.6. The molecule has 2 heterocycles. The van der Waals surface area contributed by atoms with Crippen LogP contribution in [0.5, 0.6) is 0 Å². The number of ether oxygens (including phenoxy) is 1. The Morgan fingerprint density at radius 2 is 1.89 bits per heavy atom. The number of hydrogen-bond acceptors (Lipinski definition) is 4. The van der Waals surface area contributed by atoms with Crippen LogP contribution < -0.4 is 5.32 Å². The number of nitrogens with one attached hydrogen (secondary N) is 1. The lowest BCUT2D eigenvalue weighted by Gasteiger charge is -2.45. The van der Waals surface area contributed by atoms with Gasteiger partial charge >= 0.3 is 6.09 Å². The molecule has 2 bridgehead atoms. The smallest absolute Gasteiger partial charge is 0.410 e. The van der Waals surface area contributed by atoms with Crippen LogP contribution in [0.3, 0.4) is 0 Å². The third-order valence-corrected chi connectivity index (χ3v) is 3.87. The number of piperazine rings is 1. The van der Waals surface area contributed by atoms with Crippen molar-refractivity contribution in [3.05, 3.63) is 0 Å². The van der Waals surface area contributed by atoms with Gasteiger partial charge in [0.05, 0.1) is 17.7 Å². The number of hydrogen-bond donors (Lipinski definition) is 2. The summed E-state index contributed by atoms with van der Waals surface area (Å²) in [6.45, 7) is 9.94. The molecule has 0 aromatic heterocycles. The zero-order valence-electron chi connectivity index (χ0n) is 12.6. The lowest BCUT2D eigenvalue weighted by Crippen LogP contribution is -2.66. The molecule has 5 heteroatoms. The minimum Gasteiger partial charge on any atom is -0.444 e. The number of aliphatic hydroxyl groups is 1. The fraction of sp³-hybridized carbons (Fsp3) is 0.929. The van der Waals surface area contributed by atoms with Gasteiger partial charge in [0.2, 0.25) is 0 Å². The van der Waals surface area contributed by atoms with E-state index in [-0.39, 0.29) is 24.2 Å². The lowest BCUT2D eigenvalue weighted by molar-refractivity contribution is -0.0331. The average molecular weight is 270 g/mol. The molecule has 2 fully saturated rings. The molecule has 0 spiro atoms. The van der Waals surface area contributed by atoms with Gasteiger partial charge in [0, 0.05) is 12.6 Å². The Hall–Kier alpha value is -0.810. The maximum Gasteiger partial charge on any atom is 0.410 e. The van der Waals surface area contributed by atoms with Crippen molar-refractivity contribution in [2.75, 3.05) is 6.54 Å². The number of amides is 1. The van der Waals surface area contributed by atoms with Gasteiger partial charge in [-0.2, -0.15) is 0 Å². The van der Waals surface area contributed by atoms with E-state index >= 15 is 0 Å². The molecule has 0 saturated carbocycles. The summed E-state index contributed by atoms with van der Waals surface area (Å²) in [5.41, 5.74) is -1.33. The van der Waals surface area contributed by atoms with Crippen molar-refractivity contribution in [1.82, 2.24) is 10.2 Å².